The molecule has 1 aliphatic rings. The first kappa shape index (κ1) is 15.0. The summed E-state index contributed by atoms with van der Waals surface area (Å²) in [7, 11) is 0. The van der Waals surface area contributed by atoms with Gasteiger partial charge < -0.3 is 15.3 Å². The molecular formula is C13H24N2O3. The quantitative estimate of drug-likeness (QED) is 0.647. The normalized spacial score (nSPS) is 21.2. The molecular weight excluding hydrogens is 232 g/mol. The van der Waals surface area contributed by atoms with Crippen LogP contribution in [0.15, 0.2) is 0 Å². The van der Waals surface area contributed by atoms with Gasteiger partial charge in [-0.25, -0.2) is 0 Å². The maximum Gasteiger partial charge on any atom is 0.225 e. The number of carbonyl (C=O) groups is 2. The molecule has 1 heterocycles. The van der Waals surface area contributed by atoms with E-state index in [4.69, 9.17) is 5.11 Å². The summed E-state index contributed by atoms with van der Waals surface area (Å²) in [5, 5.41) is 11.7. The Morgan fingerprint density at radius 1 is 1.61 bits per heavy atom. The molecule has 0 saturated carbocycles. The molecule has 1 fully saturated rings. The van der Waals surface area contributed by atoms with E-state index >= 15 is 0 Å². The first-order chi connectivity index (χ1) is 8.58. The summed E-state index contributed by atoms with van der Waals surface area (Å²) in [6, 6.07) is 0. The molecule has 2 amide bonds. The second-order valence-electron chi connectivity index (χ2n) is 5.05. The number of hydrogen-bond donors (Lipinski definition) is 2. The van der Waals surface area contributed by atoms with Crippen molar-refractivity contribution in [3.05, 3.63) is 0 Å². The molecule has 0 spiro atoms. The van der Waals surface area contributed by atoms with Crippen LogP contribution in [0.5, 0.6) is 0 Å². The third-order valence-corrected chi connectivity index (χ3v) is 3.45. The third-order valence-electron chi connectivity index (χ3n) is 3.45. The van der Waals surface area contributed by atoms with Crippen molar-refractivity contribution in [1.82, 2.24) is 10.2 Å². The van der Waals surface area contributed by atoms with Gasteiger partial charge in [-0.05, 0) is 25.7 Å². The Bertz CT molecular complexity index is 294. The summed E-state index contributed by atoms with van der Waals surface area (Å²) in [6.07, 6.45) is 2.11. The summed E-state index contributed by atoms with van der Waals surface area (Å²) in [5.74, 6) is 0.153. The molecule has 5 nitrogen and oxygen atoms in total. The van der Waals surface area contributed by atoms with Crippen LogP contribution in [0, 0.1) is 11.8 Å². The van der Waals surface area contributed by atoms with Gasteiger partial charge in [-0.1, -0.05) is 6.92 Å². The van der Waals surface area contributed by atoms with Crippen LogP contribution >= 0.6 is 0 Å². The van der Waals surface area contributed by atoms with Crippen LogP contribution in [0.3, 0.4) is 0 Å². The van der Waals surface area contributed by atoms with Crippen molar-refractivity contribution in [2.45, 2.75) is 33.1 Å². The van der Waals surface area contributed by atoms with Crippen molar-refractivity contribution in [3.63, 3.8) is 0 Å². The topological polar surface area (TPSA) is 69.6 Å². The lowest BCUT2D eigenvalue weighted by Gasteiger charge is -2.14. The number of nitrogens with zero attached hydrogens (tertiary/aromatic N) is 1. The highest BCUT2D eigenvalue weighted by Crippen LogP contribution is 2.17. The van der Waals surface area contributed by atoms with E-state index in [1.54, 1.807) is 4.90 Å². The smallest absolute Gasteiger partial charge is 0.225 e. The summed E-state index contributed by atoms with van der Waals surface area (Å²) < 4.78 is 0. The lowest BCUT2D eigenvalue weighted by atomic mass is 10.1. The van der Waals surface area contributed by atoms with Gasteiger partial charge in [0.15, 0.2) is 0 Å². The van der Waals surface area contributed by atoms with Gasteiger partial charge in [0.1, 0.15) is 0 Å². The van der Waals surface area contributed by atoms with Crippen LogP contribution in [0.1, 0.15) is 33.1 Å². The fraction of sp³-hybridized carbons (Fsp3) is 0.846. The second-order valence-corrected chi connectivity index (χ2v) is 5.05. The maximum absolute atomic E-state index is 11.8. The highest BCUT2D eigenvalue weighted by atomic mass is 16.3. The van der Waals surface area contributed by atoms with E-state index in [0.29, 0.717) is 26.1 Å². The van der Waals surface area contributed by atoms with Gasteiger partial charge in [0.2, 0.25) is 11.8 Å². The summed E-state index contributed by atoms with van der Waals surface area (Å²) in [6.45, 7) is 5.95. The highest BCUT2D eigenvalue weighted by Gasteiger charge is 2.32. The van der Waals surface area contributed by atoms with Crippen LogP contribution in [0.25, 0.3) is 0 Å². The highest BCUT2D eigenvalue weighted by molar-refractivity contribution is 5.89. The number of carbonyl (C=O) groups excluding carboxylic acids is 2. The van der Waals surface area contributed by atoms with Crippen LogP contribution in [0.4, 0.5) is 0 Å². The zero-order valence-electron chi connectivity index (χ0n) is 11.3. The van der Waals surface area contributed by atoms with Crippen molar-refractivity contribution in [2.75, 3.05) is 26.2 Å². The average molecular weight is 256 g/mol. The molecule has 2 atom stereocenters. The van der Waals surface area contributed by atoms with E-state index in [1.165, 1.54) is 0 Å². The van der Waals surface area contributed by atoms with E-state index in [2.05, 4.69) is 5.32 Å². The Hall–Kier alpha value is -1.10. The van der Waals surface area contributed by atoms with Gasteiger partial charge in [0, 0.05) is 32.7 Å². The van der Waals surface area contributed by atoms with Crippen LogP contribution in [-0.2, 0) is 9.59 Å². The molecule has 1 aliphatic heterocycles. The van der Waals surface area contributed by atoms with Crippen LogP contribution in [-0.4, -0.2) is 48.1 Å². The van der Waals surface area contributed by atoms with Gasteiger partial charge in [0.25, 0.3) is 0 Å². The molecule has 0 aromatic carbocycles. The molecule has 0 bridgehead atoms. The van der Waals surface area contributed by atoms with E-state index in [1.807, 2.05) is 13.8 Å². The van der Waals surface area contributed by atoms with Crippen LogP contribution < -0.4 is 5.32 Å². The van der Waals surface area contributed by atoms with E-state index in [-0.39, 0.29) is 30.3 Å². The summed E-state index contributed by atoms with van der Waals surface area (Å²) >= 11 is 0. The number of likely N-dealkylation sites (tertiary alicyclic amines) is 1. The van der Waals surface area contributed by atoms with Gasteiger partial charge >= 0.3 is 0 Å². The van der Waals surface area contributed by atoms with Crippen LogP contribution in [0.2, 0.25) is 0 Å². The molecule has 2 unspecified atom stereocenters. The Labute approximate surface area is 109 Å². The fourth-order valence-electron chi connectivity index (χ4n) is 2.15. The number of rotatable bonds is 7. The Kier molecular flexibility index (Phi) is 6.12. The molecule has 0 radical (unpaired) electrons. The molecule has 104 valence electrons. The van der Waals surface area contributed by atoms with E-state index in [0.717, 1.165) is 12.8 Å². The van der Waals surface area contributed by atoms with Gasteiger partial charge in [-0.3, -0.25) is 9.59 Å². The number of hydrogen-bond acceptors (Lipinski definition) is 3. The minimum absolute atomic E-state index is 0.0176. The van der Waals surface area contributed by atoms with Gasteiger partial charge in [0.05, 0.1) is 5.92 Å². The first-order valence-electron chi connectivity index (χ1n) is 6.74. The minimum atomic E-state index is -0.187. The largest absolute Gasteiger partial charge is 0.396 e. The predicted molar refractivity (Wildman–Crippen MR) is 68.9 cm³/mol. The monoisotopic (exact) mass is 256 g/mol. The lowest BCUT2D eigenvalue weighted by Crippen LogP contribution is -2.33. The summed E-state index contributed by atoms with van der Waals surface area (Å²) in [5.41, 5.74) is 0. The predicted octanol–water partition coefficient (Wildman–Crippen LogP) is 0.380. The Morgan fingerprint density at radius 3 is 2.89 bits per heavy atom. The molecule has 0 aromatic rings. The number of aliphatic hydroxyl groups excluding tert-OH is 1. The average Bonchev–Trinajstić information content (AvgIpc) is 2.75. The Balaban J connectivity index is 2.20. The van der Waals surface area contributed by atoms with Gasteiger partial charge in [-0.15, -0.1) is 0 Å². The summed E-state index contributed by atoms with van der Waals surface area (Å²) in [4.78, 5) is 25.0. The lowest BCUT2D eigenvalue weighted by molar-refractivity contribution is -0.128. The van der Waals surface area contributed by atoms with Crippen molar-refractivity contribution < 1.29 is 14.7 Å². The third kappa shape index (κ3) is 4.29. The molecule has 1 rings (SSSR count). The first-order valence-corrected chi connectivity index (χ1v) is 6.74. The SMILES string of the molecule is CCN1CC(C(=O)NCCCC(C)CO)CC1=O. The van der Waals surface area contributed by atoms with Crippen molar-refractivity contribution in [1.29, 1.82) is 0 Å². The second kappa shape index (κ2) is 7.36. The number of amides is 2. The van der Waals surface area contributed by atoms with E-state index < -0.39 is 0 Å². The standard InChI is InChI=1S/C13H24N2O3/c1-3-15-8-11(7-12(15)17)13(18)14-6-4-5-10(2)9-16/h10-11,16H,3-9H2,1-2H3,(H,14,18). The number of nitrogens with one attached hydrogen (secondary N) is 1. The van der Waals surface area contributed by atoms with Crippen molar-refractivity contribution in [3.8, 4) is 0 Å². The molecule has 5 heteroatoms. The molecule has 0 aliphatic carbocycles. The maximum atomic E-state index is 11.8. The zero-order chi connectivity index (χ0) is 13.5. The molecule has 18 heavy (non-hydrogen) atoms. The molecule has 0 aromatic heterocycles. The van der Waals surface area contributed by atoms with Gasteiger partial charge in [-0.2, -0.15) is 0 Å². The Morgan fingerprint density at radius 2 is 2.33 bits per heavy atom. The zero-order valence-corrected chi connectivity index (χ0v) is 11.3. The fourth-order valence-corrected chi connectivity index (χ4v) is 2.15. The minimum Gasteiger partial charge on any atom is -0.396 e. The molecule has 2 N–H and O–H groups in total. The molecule has 1 saturated heterocycles. The number of aliphatic hydroxyl groups is 1. The van der Waals surface area contributed by atoms with Crippen molar-refractivity contribution in [2.24, 2.45) is 11.8 Å². The van der Waals surface area contributed by atoms with Crippen molar-refractivity contribution >= 4 is 11.8 Å². The van der Waals surface area contributed by atoms with E-state index in [9.17, 15) is 9.59 Å².